The third kappa shape index (κ3) is 68.8. The second-order valence-corrected chi connectivity index (χ2v) is 25.6. The summed E-state index contributed by atoms with van der Waals surface area (Å²) < 4.78 is 16.9. The van der Waals surface area contributed by atoms with Crippen molar-refractivity contribution in [2.75, 3.05) is 13.2 Å². The van der Waals surface area contributed by atoms with Crippen molar-refractivity contribution in [1.29, 1.82) is 0 Å². The number of rotatable bonds is 70. The molecule has 0 spiro atoms. The molecule has 1 unspecified atom stereocenters. The van der Waals surface area contributed by atoms with Crippen LogP contribution in [-0.4, -0.2) is 37.2 Å². The molecule has 0 amide bonds. The van der Waals surface area contributed by atoms with Crippen molar-refractivity contribution < 1.29 is 28.6 Å². The van der Waals surface area contributed by atoms with Crippen LogP contribution in [0.4, 0.5) is 0 Å². The van der Waals surface area contributed by atoms with E-state index in [0.717, 1.165) is 57.8 Å². The first kappa shape index (κ1) is 79.2. The van der Waals surface area contributed by atoms with Gasteiger partial charge in [-0.1, -0.05) is 380 Å². The average molecular weight is 1140 g/mol. The fraction of sp³-hybridized carbons (Fsp3) is 0.933. The van der Waals surface area contributed by atoms with E-state index in [2.05, 4.69) is 32.9 Å². The maximum Gasteiger partial charge on any atom is 0.306 e. The molecule has 0 bridgehead atoms. The van der Waals surface area contributed by atoms with E-state index in [1.54, 1.807) is 0 Å². The number of carbonyl (C=O) groups is 3. The Morgan fingerprint density at radius 2 is 0.407 bits per heavy atom. The first-order chi connectivity index (χ1) is 40.0. The Balaban J connectivity index is 4.00. The molecule has 0 aliphatic carbocycles. The topological polar surface area (TPSA) is 78.9 Å². The molecule has 0 N–H and O–H groups in total. The highest BCUT2D eigenvalue weighted by molar-refractivity contribution is 5.71. The van der Waals surface area contributed by atoms with Gasteiger partial charge < -0.3 is 14.2 Å². The van der Waals surface area contributed by atoms with Crippen molar-refractivity contribution in [2.24, 2.45) is 0 Å². The van der Waals surface area contributed by atoms with Gasteiger partial charge in [-0.15, -0.1) is 0 Å². The van der Waals surface area contributed by atoms with Crippen LogP contribution >= 0.6 is 0 Å². The van der Waals surface area contributed by atoms with Crippen LogP contribution in [0.25, 0.3) is 0 Å². The van der Waals surface area contributed by atoms with Crippen LogP contribution in [-0.2, 0) is 28.6 Å². The summed E-state index contributed by atoms with van der Waals surface area (Å²) in [6.07, 6.45) is 85.7. The number of ether oxygens (including phenoxy) is 3. The van der Waals surface area contributed by atoms with Crippen molar-refractivity contribution in [3.05, 3.63) is 12.2 Å². The van der Waals surface area contributed by atoms with E-state index in [-0.39, 0.29) is 31.1 Å². The Kier molecular flexibility index (Phi) is 69.0. The molecule has 6 nitrogen and oxygen atoms in total. The highest BCUT2D eigenvalue weighted by Gasteiger charge is 2.20. The fourth-order valence-electron chi connectivity index (χ4n) is 11.7. The van der Waals surface area contributed by atoms with Crippen LogP contribution in [0.2, 0.25) is 0 Å². The number of hydrogen-bond acceptors (Lipinski definition) is 6. The largest absolute Gasteiger partial charge is 0.462 e. The summed E-state index contributed by atoms with van der Waals surface area (Å²) in [6.45, 7) is 6.70. The Hall–Kier alpha value is -1.85. The molecule has 6 heteroatoms. The Labute approximate surface area is 507 Å². The van der Waals surface area contributed by atoms with E-state index in [0.29, 0.717) is 19.3 Å². The van der Waals surface area contributed by atoms with Crippen molar-refractivity contribution in [3.8, 4) is 0 Å². The van der Waals surface area contributed by atoms with Gasteiger partial charge in [-0.3, -0.25) is 14.4 Å². The van der Waals surface area contributed by atoms with Crippen LogP contribution in [0.1, 0.15) is 432 Å². The summed E-state index contributed by atoms with van der Waals surface area (Å²) in [5.41, 5.74) is 0. The molecule has 0 fully saturated rings. The van der Waals surface area contributed by atoms with Gasteiger partial charge in [0.2, 0.25) is 0 Å². The molecule has 0 aromatic carbocycles. The minimum absolute atomic E-state index is 0.0644. The highest BCUT2D eigenvalue weighted by Crippen LogP contribution is 2.19. The van der Waals surface area contributed by atoms with Crippen molar-refractivity contribution in [2.45, 2.75) is 438 Å². The zero-order chi connectivity index (χ0) is 58.5. The second kappa shape index (κ2) is 70.6. The third-order valence-corrected chi connectivity index (χ3v) is 17.3. The number of esters is 3. The third-order valence-electron chi connectivity index (χ3n) is 17.3. The normalized spacial score (nSPS) is 12.0. The Bertz CT molecular complexity index is 1260. The smallest absolute Gasteiger partial charge is 0.306 e. The molecule has 0 rings (SSSR count). The second-order valence-electron chi connectivity index (χ2n) is 25.6. The number of allylic oxidation sites excluding steroid dienone is 2. The van der Waals surface area contributed by atoms with Gasteiger partial charge in [0.1, 0.15) is 13.2 Å². The van der Waals surface area contributed by atoms with Crippen molar-refractivity contribution in [3.63, 3.8) is 0 Å². The van der Waals surface area contributed by atoms with E-state index < -0.39 is 6.10 Å². The van der Waals surface area contributed by atoms with E-state index in [1.165, 1.54) is 334 Å². The summed E-state index contributed by atoms with van der Waals surface area (Å²) in [6, 6.07) is 0. The monoisotopic (exact) mass is 1140 g/mol. The molecule has 0 radical (unpaired) electrons. The molecule has 0 saturated carbocycles. The highest BCUT2D eigenvalue weighted by atomic mass is 16.6. The molecule has 1 atom stereocenters. The summed E-state index contributed by atoms with van der Waals surface area (Å²) >= 11 is 0. The van der Waals surface area contributed by atoms with Crippen LogP contribution < -0.4 is 0 Å². The molecule has 0 saturated heterocycles. The molecule has 0 aliphatic rings. The van der Waals surface area contributed by atoms with Gasteiger partial charge in [-0.05, 0) is 44.9 Å². The van der Waals surface area contributed by atoms with Crippen LogP contribution in [0.3, 0.4) is 0 Å². The zero-order valence-electron chi connectivity index (χ0n) is 55.4. The van der Waals surface area contributed by atoms with Gasteiger partial charge in [-0.2, -0.15) is 0 Å². The summed E-state index contributed by atoms with van der Waals surface area (Å²) in [4.78, 5) is 38.3. The molecule has 0 aliphatic heterocycles. The van der Waals surface area contributed by atoms with Crippen molar-refractivity contribution >= 4 is 17.9 Å². The Morgan fingerprint density at radius 3 is 0.617 bits per heavy atom. The lowest BCUT2D eigenvalue weighted by Gasteiger charge is -2.18. The number of carbonyl (C=O) groups excluding carboxylic acids is 3. The standard InChI is InChI=1S/C75H144O6/c1-4-7-10-13-16-19-21-23-25-27-29-31-32-33-34-35-36-37-38-39-40-41-42-44-45-47-49-51-53-56-59-62-65-68-74(77)80-71-72(70-79-73(76)67-64-61-58-55-18-15-12-9-6-3)81-75(78)69-66-63-60-57-54-52-50-48-46-43-30-28-26-24-22-20-17-14-11-8-5-2/h28,30,72H,4-27,29,31-71H2,1-3H3/b30-28-. The first-order valence-electron chi connectivity index (χ1n) is 37.2. The van der Waals surface area contributed by atoms with E-state index in [9.17, 15) is 14.4 Å². The minimum Gasteiger partial charge on any atom is -0.462 e. The number of unbranched alkanes of at least 4 members (excludes halogenated alkanes) is 57. The lowest BCUT2D eigenvalue weighted by Crippen LogP contribution is -2.30. The Morgan fingerprint density at radius 1 is 0.235 bits per heavy atom. The van der Waals surface area contributed by atoms with Gasteiger partial charge in [0, 0.05) is 19.3 Å². The quantitative estimate of drug-likeness (QED) is 0.0261. The molecular weight excluding hydrogens is 997 g/mol. The minimum atomic E-state index is -0.767. The lowest BCUT2D eigenvalue weighted by atomic mass is 10.0. The molecular formula is C75H144O6. The van der Waals surface area contributed by atoms with Gasteiger partial charge in [0.25, 0.3) is 0 Å². The van der Waals surface area contributed by atoms with E-state index in [1.807, 2.05) is 0 Å². The molecule has 0 aromatic rings. The summed E-state index contributed by atoms with van der Waals surface area (Å²) in [7, 11) is 0. The number of hydrogen-bond donors (Lipinski definition) is 0. The predicted molar refractivity (Wildman–Crippen MR) is 353 cm³/mol. The first-order valence-corrected chi connectivity index (χ1v) is 37.2. The molecule has 81 heavy (non-hydrogen) atoms. The van der Waals surface area contributed by atoms with Gasteiger partial charge in [-0.25, -0.2) is 0 Å². The predicted octanol–water partition coefficient (Wildman–Crippen LogP) is 25.6. The van der Waals surface area contributed by atoms with E-state index in [4.69, 9.17) is 14.2 Å². The average Bonchev–Trinajstić information content (AvgIpc) is 3.47. The van der Waals surface area contributed by atoms with Crippen LogP contribution in [0.15, 0.2) is 12.2 Å². The van der Waals surface area contributed by atoms with Gasteiger partial charge >= 0.3 is 17.9 Å². The fourth-order valence-corrected chi connectivity index (χ4v) is 11.7. The molecule has 480 valence electrons. The van der Waals surface area contributed by atoms with Crippen molar-refractivity contribution in [1.82, 2.24) is 0 Å². The van der Waals surface area contributed by atoms with Gasteiger partial charge in [0.15, 0.2) is 6.10 Å². The van der Waals surface area contributed by atoms with Crippen LogP contribution in [0.5, 0.6) is 0 Å². The molecule has 0 aromatic heterocycles. The molecule has 0 heterocycles. The summed E-state index contributed by atoms with van der Waals surface area (Å²) in [5.74, 6) is -0.837. The maximum atomic E-state index is 12.9. The van der Waals surface area contributed by atoms with Gasteiger partial charge in [0.05, 0.1) is 0 Å². The zero-order valence-corrected chi connectivity index (χ0v) is 55.4. The SMILES string of the molecule is CCCCCCCCCC/C=C\CCCCCCCCCCCC(=O)OC(COC(=O)CCCCCCCCCCC)COC(=O)CCCCCCCCCCCCCCCCCCCCCCCCCCCCCCCCCCC. The lowest BCUT2D eigenvalue weighted by molar-refractivity contribution is -0.167. The maximum absolute atomic E-state index is 12.9. The summed E-state index contributed by atoms with van der Waals surface area (Å²) in [5, 5.41) is 0. The van der Waals surface area contributed by atoms with E-state index >= 15 is 0 Å². The van der Waals surface area contributed by atoms with Crippen LogP contribution in [0, 0.1) is 0 Å².